The second-order valence-corrected chi connectivity index (χ2v) is 11.5. The first kappa shape index (κ1) is 36.7. The highest BCUT2D eigenvalue weighted by Gasteiger charge is 2.29. The number of nitrogen functional groups attached to an aromatic ring is 1. The number of carbonyl (C=O) groups is 3. The number of ether oxygens (including phenoxy) is 5. The highest BCUT2D eigenvalue weighted by molar-refractivity contribution is 7.53. The van der Waals surface area contributed by atoms with Crippen LogP contribution in [0.4, 0.5) is 15.4 Å². The summed E-state index contributed by atoms with van der Waals surface area (Å²) in [6.45, 7) is 6.98. The van der Waals surface area contributed by atoms with Crippen molar-refractivity contribution in [2.24, 2.45) is 0 Å². The summed E-state index contributed by atoms with van der Waals surface area (Å²) in [5.41, 5.74) is 6.66. The van der Waals surface area contributed by atoms with Crippen molar-refractivity contribution in [3.63, 3.8) is 0 Å². The standard InChI is InChI=1S/C19H30N5O10P.C7H6O3/c1-12(2)33-18(25)28-9-31-35(27,32-10-29-19(26)34-13(3)4)11-30-14(5)6-24-8-23-15-16(20)21-7-22-17(15)24;8-6-4-2-1-3-5(6)7(9)10/h7-8,12-14H,6,9-11H2,1-5H3,(H2,20,21,22);1-4,8H,(H,9,10)/t14-;/m1./s1. The number of para-hydroxylation sites is 1. The molecule has 2 heterocycles. The third kappa shape index (κ3) is 12.9. The Hall–Kier alpha value is -4.51. The largest absolute Gasteiger partial charge is 0.510 e. The van der Waals surface area contributed by atoms with Crippen LogP contribution in [0.25, 0.3) is 11.2 Å². The lowest BCUT2D eigenvalue weighted by molar-refractivity contribution is -0.0369. The molecule has 4 N–H and O–H groups in total. The maximum absolute atomic E-state index is 13.1. The van der Waals surface area contributed by atoms with E-state index in [2.05, 4.69) is 15.0 Å². The minimum atomic E-state index is -4.06. The van der Waals surface area contributed by atoms with E-state index in [0.717, 1.165) is 0 Å². The minimum Gasteiger partial charge on any atom is -0.507 e. The maximum atomic E-state index is 13.1. The number of fused-ring (bicyclic) bond motifs is 1. The molecular formula is C26H36N5O13P. The normalized spacial score (nSPS) is 11.9. The Bertz CT molecular complexity index is 1430. The summed E-state index contributed by atoms with van der Waals surface area (Å²) in [4.78, 5) is 45.5. The molecule has 18 nitrogen and oxygen atoms in total. The van der Waals surface area contributed by atoms with Crippen LogP contribution in [0.1, 0.15) is 45.0 Å². The van der Waals surface area contributed by atoms with Crippen molar-refractivity contribution in [2.45, 2.75) is 59.5 Å². The molecule has 0 saturated heterocycles. The van der Waals surface area contributed by atoms with Crippen LogP contribution in [0.5, 0.6) is 5.75 Å². The Kier molecular flexibility index (Phi) is 14.4. The van der Waals surface area contributed by atoms with Crippen molar-refractivity contribution in [2.75, 3.05) is 25.7 Å². The molecule has 0 fully saturated rings. The van der Waals surface area contributed by atoms with Gasteiger partial charge in [0.05, 0.1) is 31.2 Å². The molecule has 1 aromatic carbocycles. The maximum Gasteiger partial charge on any atom is 0.510 e. The Morgan fingerprint density at radius 3 is 2.02 bits per heavy atom. The summed E-state index contributed by atoms with van der Waals surface area (Å²) in [7, 11) is -4.06. The fourth-order valence-corrected chi connectivity index (χ4v) is 4.20. The van der Waals surface area contributed by atoms with Crippen molar-refractivity contribution < 1.29 is 61.9 Å². The van der Waals surface area contributed by atoms with Gasteiger partial charge in [0, 0.05) is 0 Å². The van der Waals surface area contributed by atoms with Gasteiger partial charge in [-0.1, -0.05) is 12.1 Å². The number of aromatic nitrogens is 4. The number of phenols is 1. The second kappa shape index (κ2) is 17.7. The summed E-state index contributed by atoms with van der Waals surface area (Å²) in [6, 6.07) is 5.81. The van der Waals surface area contributed by atoms with Gasteiger partial charge in [0.2, 0.25) is 13.6 Å². The summed E-state index contributed by atoms with van der Waals surface area (Å²) in [5.74, 6) is -1.08. The number of anilines is 1. The van der Waals surface area contributed by atoms with E-state index in [9.17, 15) is 18.9 Å². The number of imidazole rings is 1. The highest BCUT2D eigenvalue weighted by atomic mass is 31.2. The van der Waals surface area contributed by atoms with Crippen LogP contribution in [0.2, 0.25) is 0 Å². The van der Waals surface area contributed by atoms with Crippen LogP contribution < -0.4 is 5.73 Å². The molecule has 45 heavy (non-hydrogen) atoms. The predicted octanol–water partition coefficient (Wildman–Crippen LogP) is 4.13. The smallest absolute Gasteiger partial charge is 0.507 e. The van der Waals surface area contributed by atoms with Crippen LogP contribution >= 0.6 is 7.60 Å². The first-order chi connectivity index (χ1) is 21.2. The molecule has 248 valence electrons. The average Bonchev–Trinajstić information content (AvgIpc) is 3.35. The Morgan fingerprint density at radius 1 is 0.933 bits per heavy atom. The summed E-state index contributed by atoms with van der Waals surface area (Å²) in [5, 5.41) is 17.3. The zero-order valence-electron chi connectivity index (χ0n) is 25.2. The van der Waals surface area contributed by atoms with Crippen molar-refractivity contribution in [3.8, 4) is 5.75 Å². The quantitative estimate of drug-likeness (QED) is 0.125. The molecule has 0 saturated carbocycles. The molecule has 0 aliphatic rings. The van der Waals surface area contributed by atoms with E-state index in [1.807, 2.05) is 0 Å². The number of rotatable bonds is 14. The van der Waals surface area contributed by atoms with Crippen molar-refractivity contribution >= 4 is 42.9 Å². The number of hydrogen-bond donors (Lipinski definition) is 3. The van der Waals surface area contributed by atoms with Gasteiger partial charge in [0.15, 0.2) is 11.5 Å². The van der Waals surface area contributed by atoms with Gasteiger partial charge in [-0.15, -0.1) is 0 Å². The monoisotopic (exact) mass is 657 g/mol. The van der Waals surface area contributed by atoms with Crippen LogP contribution in [-0.4, -0.2) is 86.3 Å². The van der Waals surface area contributed by atoms with Crippen LogP contribution in [0.3, 0.4) is 0 Å². The van der Waals surface area contributed by atoms with Gasteiger partial charge in [-0.25, -0.2) is 29.3 Å². The molecule has 1 atom stereocenters. The lowest BCUT2D eigenvalue weighted by Gasteiger charge is -2.21. The van der Waals surface area contributed by atoms with Crippen molar-refractivity contribution in [1.82, 2.24) is 19.5 Å². The number of carbonyl (C=O) groups excluding carboxylic acids is 2. The number of nitrogens with zero attached hydrogens (tertiary/aromatic N) is 4. The molecule has 0 radical (unpaired) electrons. The molecular weight excluding hydrogens is 621 g/mol. The molecule has 0 aliphatic carbocycles. The van der Waals surface area contributed by atoms with Crippen molar-refractivity contribution in [1.29, 1.82) is 0 Å². The molecule has 3 aromatic rings. The van der Waals surface area contributed by atoms with Gasteiger partial charge in [0.25, 0.3) is 0 Å². The van der Waals surface area contributed by atoms with Gasteiger partial charge in [0.1, 0.15) is 29.5 Å². The number of carboxylic acid groups (broad SMARTS) is 1. The SMILES string of the molecule is CC(C)OC(=O)OCOP(=O)(CO[C@H](C)Cn1cnc2c(N)ncnc21)OCOC(=O)OC(C)C.O=C(O)c1ccccc1O. The lowest BCUT2D eigenvalue weighted by Crippen LogP contribution is -2.20. The molecule has 3 rings (SSSR count). The van der Waals surface area contributed by atoms with E-state index in [0.29, 0.717) is 11.2 Å². The Balaban J connectivity index is 0.000000596. The zero-order valence-corrected chi connectivity index (χ0v) is 26.1. The van der Waals surface area contributed by atoms with E-state index >= 15 is 0 Å². The second-order valence-electron chi connectivity index (χ2n) is 9.48. The first-order valence-corrected chi connectivity index (χ1v) is 15.0. The molecule has 0 amide bonds. The number of benzene rings is 1. The summed E-state index contributed by atoms with van der Waals surface area (Å²) in [6.07, 6.45) is -1.14. The average molecular weight is 658 g/mol. The summed E-state index contributed by atoms with van der Waals surface area (Å²) < 4.78 is 49.7. The van der Waals surface area contributed by atoms with Gasteiger partial charge < -0.3 is 44.2 Å². The highest BCUT2D eigenvalue weighted by Crippen LogP contribution is 2.48. The van der Waals surface area contributed by atoms with E-state index < -0.39 is 64.1 Å². The topological polar surface area (TPSA) is 243 Å². The van der Waals surface area contributed by atoms with Gasteiger partial charge in [-0.2, -0.15) is 0 Å². The Labute approximate surface area is 257 Å². The third-order valence-corrected chi connectivity index (χ3v) is 6.51. The predicted molar refractivity (Wildman–Crippen MR) is 155 cm³/mol. The fourth-order valence-electron chi connectivity index (χ4n) is 3.11. The fraction of sp³-hybridized carbons (Fsp3) is 0.462. The lowest BCUT2D eigenvalue weighted by atomic mass is 10.2. The van der Waals surface area contributed by atoms with Gasteiger partial charge in [-0.3, -0.25) is 13.6 Å². The summed E-state index contributed by atoms with van der Waals surface area (Å²) >= 11 is 0. The number of aromatic carboxylic acids is 1. The van der Waals surface area contributed by atoms with Gasteiger partial charge >= 0.3 is 25.9 Å². The number of nitrogens with two attached hydrogens (primary N) is 1. The number of aromatic hydroxyl groups is 1. The molecule has 0 aliphatic heterocycles. The van der Waals surface area contributed by atoms with E-state index in [1.54, 1.807) is 51.3 Å². The molecule has 19 heteroatoms. The van der Waals surface area contributed by atoms with E-state index in [-0.39, 0.29) is 23.7 Å². The van der Waals surface area contributed by atoms with E-state index in [1.165, 1.54) is 24.8 Å². The third-order valence-electron chi connectivity index (χ3n) is 5.05. The van der Waals surface area contributed by atoms with E-state index in [4.69, 9.17) is 48.7 Å². The molecule has 0 bridgehead atoms. The molecule has 0 spiro atoms. The minimum absolute atomic E-state index is 0.0671. The zero-order chi connectivity index (χ0) is 33.6. The molecule has 0 unspecified atom stereocenters. The first-order valence-electron chi connectivity index (χ1n) is 13.3. The van der Waals surface area contributed by atoms with Gasteiger partial charge in [-0.05, 0) is 46.8 Å². The number of carboxylic acids is 1. The van der Waals surface area contributed by atoms with Crippen LogP contribution in [-0.2, 0) is 43.8 Å². The Morgan fingerprint density at radius 2 is 1.51 bits per heavy atom. The number of hydrogen-bond acceptors (Lipinski definition) is 16. The molecule has 2 aromatic heterocycles. The van der Waals surface area contributed by atoms with Crippen LogP contribution in [0, 0.1) is 0 Å². The van der Waals surface area contributed by atoms with Crippen molar-refractivity contribution in [3.05, 3.63) is 42.5 Å². The van der Waals surface area contributed by atoms with Crippen LogP contribution in [0.15, 0.2) is 36.9 Å².